The maximum Gasteiger partial charge on any atom is 0.338 e. The van der Waals surface area contributed by atoms with Gasteiger partial charge in [-0.25, -0.2) is 4.79 Å². The summed E-state index contributed by atoms with van der Waals surface area (Å²) >= 11 is 1.51. The van der Waals surface area contributed by atoms with Gasteiger partial charge in [-0.15, -0.1) is 11.8 Å². The van der Waals surface area contributed by atoms with Crippen LogP contribution in [0.1, 0.15) is 42.6 Å². The first-order valence-corrected chi connectivity index (χ1v) is 9.69. The van der Waals surface area contributed by atoms with Gasteiger partial charge < -0.3 is 10.1 Å². The zero-order valence-electron chi connectivity index (χ0n) is 15.5. The van der Waals surface area contributed by atoms with Crippen LogP contribution in [0.3, 0.4) is 0 Å². The van der Waals surface area contributed by atoms with E-state index >= 15 is 0 Å². The molecule has 0 aliphatic rings. The second kappa shape index (κ2) is 10.0. The molecule has 0 unspecified atom stereocenters. The molecule has 4 nitrogen and oxygen atoms in total. The highest BCUT2D eigenvalue weighted by Crippen LogP contribution is 2.24. The Bertz CT molecular complexity index is 726. The molecule has 0 fully saturated rings. The molecule has 2 aromatic rings. The number of anilines is 1. The molecule has 2 rings (SSSR count). The average Bonchev–Trinajstić information content (AvgIpc) is 2.64. The normalized spacial score (nSPS) is 11.7. The van der Waals surface area contributed by atoms with E-state index in [1.54, 1.807) is 24.3 Å². The minimum absolute atomic E-state index is 0.0751. The highest BCUT2D eigenvalue weighted by Gasteiger charge is 2.15. The van der Waals surface area contributed by atoms with Crippen molar-refractivity contribution in [2.45, 2.75) is 43.8 Å². The Kier molecular flexibility index (Phi) is 7.73. The molecule has 2 aromatic carbocycles. The molecule has 0 heterocycles. The van der Waals surface area contributed by atoms with E-state index in [9.17, 15) is 9.59 Å². The standard InChI is InChI=1S/C21H25NO3S/c1-4-5-14-25-21(24)17-8-10-18(11-9-17)22-20(23)16(3)26-19-12-6-15(2)7-13-19/h6-13,16H,4-5,14H2,1-3H3,(H,22,23)/t16-/m1/s1. The number of hydrogen-bond donors (Lipinski definition) is 1. The summed E-state index contributed by atoms with van der Waals surface area (Å²) in [5, 5.41) is 2.65. The number of rotatable bonds is 8. The van der Waals surface area contributed by atoms with Crippen LogP contribution in [0.25, 0.3) is 0 Å². The first-order valence-electron chi connectivity index (χ1n) is 8.81. The van der Waals surface area contributed by atoms with Crippen molar-refractivity contribution in [3.8, 4) is 0 Å². The molecule has 0 aliphatic carbocycles. The van der Waals surface area contributed by atoms with Gasteiger partial charge in [-0.3, -0.25) is 4.79 Å². The Morgan fingerprint density at radius 3 is 2.35 bits per heavy atom. The van der Waals surface area contributed by atoms with E-state index in [0.29, 0.717) is 17.9 Å². The van der Waals surface area contributed by atoms with Crippen molar-refractivity contribution in [3.63, 3.8) is 0 Å². The van der Waals surface area contributed by atoms with Crippen molar-refractivity contribution >= 4 is 29.3 Å². The Labute approximate surface area is 159 Å². The minimum atomic E-state index is -0.334. The molecule has 0 radical (unpaired) electrons. The second-order valence-electron chi connectivity index (χ2n) is 6.13. The number of nitrogens with one attached hydrogen (secondary N) is 1. The number of hydrogen-bond acceptors (Lipinski definition) is 4. The average molecular weight is 372 g/mol. The smallest absolute Gasteiger partial charge is 0.338 e. The third kappa shape index (κ3) is 6.23. The zero-order valence-corrected chi connectivity index (χ0v) is 16.3. The van der Waals surface area contributed by atoms with Gasteiger partial charge in [0, 0.05) is 10.6 Å². The van der Waals surface area contributed by atoms with Crippen LogP contribution in [0.15, 0.2) is 53.4 Å². The van der Waals surface area contributed by atoms with Crippen LogP contribution in [0, 0.1) is 6.92 Å². The number of amides is 1. The van der Waals surface area contributed by atoms with Gasteiger partial charge >= 0.3 is 5.97 Å². The van der Waals surface area contributed by atoms with E-state index in [1.165, 1.54) is 17.3 Å². The molecule has 0 saturated carbocycles. The first-order chi connectivity index (χ1) is 12.5. The summed E-state index contributed by atoms with van der Waals surface area (Å²) in [6.45, 7) is 6.39. The monoisotopic (exact) mass is 371 g/mol. The summed E-state index contributed by atoms with van der Waals surface area (Å²) in [5.41, 5.74) is 2.34. The van der Waals surface area contributed by atoms with Crippen molar-refractivity contribution in [2.75, 3.05) is 11.9 Å². The third-order valence-electron chi connectivity index (χ3n) is 3.82. The fraction of sp³-hybridized carbons (Fsp3) is 0.333. The number of carbonyl (C=O) groups excluding carboxylic acids is 2. The van der Waals surface area contributed by atoms with Crippen LogP contribution >= 0.6 is 11.8 Å². The number of ether oxygens (including phenoxy) is 1. The Morgan fingerprint density at radius 1 is 1.08 bits per heavy atom. The SMILES string of the molecule is CCCCOC(=O)c1ccc(NC(=O)[C@@H](C)Sc2ccc(C)cc2)cc1. The molecule has 1 N–H and O–H groups in total. The number of benzene rings is 2. The molecule has 1 atom stereocenters. The summed E-state index contributed by atoms with van der Waals surface area (Å²) in [7, 11) is 0. The maximum absolute atomic E-state index is 12.4. The minimum Gasteiger partial charge on any atom is -0.462 e. The van der Waals surface area contributed by atoms with Crippen LogP contribution in [-0.2, 0) is 9.53 Å². The van der Waals surface area contributed by atoms with E-state index in [1.807, 2.05) is 45.0 Å². The predicted octanol–water partition coefficient (Wildman–Crippen LogP) is 5.07. The molecule has 0 aromatic heterocycles. The second-order valence-corrected chi connectivity index (χ2v) is 7.54. The van der Waals surface area contributed by atoms with Gasteiger partial charge in [0.1, 0.15) is 0 Å². The molecule has 26 heavy (non-hydrogen) atoms. The highest BCUT2D eigenvalue weighted by molar-refractivity contribution is 8.00. The van der Waals surface area contributed by atoms with Gasteiger partial charge in [0.05, 0.1) is 17.4 Å². The summed E-state index contributed by atoms with van der Waals surface area (Å²) in [6.07, 6.45) is 1.84. The van der Waals surface area contributed by atoms with Gasteiger partial charge in [-0.05, 0) is 56.7 Å². The van der Waals surface area contributed by atoms with Gasteiger partial charge in [-0.2, -0.15) is 0 Å². The maximum atomic E-state index is 12.4. The number of thioether (sulfide) groups is 1. The molecule has 0 spiro atoms. The fourth-order valence-corrected chi connectivity index (χ4v) is 3.07. The lowest BCUT2D eigenvalue weighted by Gasteiger charge is -2.12. The van der Waals surface area contributed by atoms with Crippen molar-refractivity contribution in [3.05, 3.63) is 59.7 Å². The van der Waals surface area contributed by atoms with Gasteiger partial charge in [0.25, 0.3) is 0 Å². The van der Waals surface area contributed by atoms with E-state index < -0.39 is 0 Å². The Morgan fingerprint density at radius 2 is 1.73 bits per heavy atom. The lowest BCUT2D eigenvalue weighted by atomic mass is 10.2. The van der Waals surface area contributed by atoms with Crippen LogP contribution in [0.5, 0.6) is 0 Å². The van der Waals surface area contributed by atoms with Crippen LogP contribution in [0.2, 0.25) is 0 Å². The molecule has 0 saturated heterocycles. The van der Waals surface area contributed by atoms with E-state index in [4.69, 9.17) is 4.74 Å². The molecule has 1 amide bonds. The van der Waals surface area contributed by atoms with Gasteiger partial charge in [-0.1, -0.05) is 31.0 Å². The van der Waals surface area contributed by atoms with E-state index in [0.717, 1.165) is 17.7 Å². The first kappa shape index (κ1) is 20.0. The molecule has 0 aliphatic heterocycles. The number of carbonyl (C=O) groups is 2. The van der Waals surface area contributed by atoms with Crippen LogP contribution in [0.4, 0.5) is 5.69 Å². The topological polar surface area (TPSA) is 55.4 Å². The zero-order chi connectivity index (χ0) is 18.9. The van der Waals surface area contributed by atoms with Crippen molar-refractivity contribution in [1.82, 2.24) is 0 Å². The third-order valence-corrected chi connectivity index (χ3v) is 4.93. The quantitative estimate of drug-likeness (QED) is 0.400. The molecular weight excluding hydrogens is 346 g/mol. The van der Waals surface area contributed by atoms with Crippen LogP contribution in [-0.4, -0.2) is 23.7 Å². The van der Waals surface area contributed by atoms with Crippen molar-refractivity contribution in [2.24, 2.45) is 0 Å². The number of aryl methyl sites for hydroxylation is 1. The van der Waals surface area contributed by atoms with Crippen molar-refractivity contribution in [1.29, 1.82) is 0 Å². The van der Waals surface area contributed by atoms with E-state index in [-0.39, 0.29) is 17.1 Å². The molecule has 138 valence electrons. The predicted molar refractivity (Wildman–Crippen MR) is 107 cm³/mol. The summed E-state index contributed by atoms with van der Waals surface area (Å²) in [6, 6.07) is 14.9. The highest BCUT2D eigenvalue weighted by atomic mass is 32.2. The number of unbranched alkanes of at least 4 members (excludes halogenated alkanes) is 1. The fourth-order valence-electron chi connectivity index (χ4n) is 2.20. The number of esters is 1. The molecule has 0 bridgehead atoms. The van der Waals surface area contributed by atoms with Gasteiger partial charge in [0.2, 0.25) is 5.91 Å². The Balaban J connectivity index is 1.88. The molecule has 5 heteroatoms. The van der Waals surface area contributed by atoms with Crippen LogP contribution < -0.4 is 5.32 Å². The summed E-state index contributed by atoms with van der Waals surface area (Å²) in [4.78, 5) is 25.3. The summed E-state index contributed by atoms with van der Waals surface area (Å²) < 4.78 is 5.17. The lowest BCUT2D eigenvalue weighted by Crippen LogP contribution is -2.22. The molecular formula is C21H25NO3S. The largest absolute Gasteiger partial charge is 0.462 e. The summed E-state index contributed by atoms with van der Waals surface area (Å²) in [5.74, 6) is -0.409. The Hall–Kier alpha value is -2.27. The van der Waals surface area contributed by atoms with E-state index in [2.05, 4.69) is 5.32 Å². The van der Waals surface area contributed by atoms with Crippen molar-refractivity contribution < 1.29 is 14.3 Å². The lowest BCUT2D eigenvalue weighted by molar-refractivity contribution is -0.115. The van der Waals surface area contributed by atoms with Gasteiger partial charge in [0.15, 0.2) is 0 Å².